The lowest BCUT2D eigenvalue weighted by Gasteiger charge is -2.15. The van der Waals surface area contributed by atoms with Gasteiger partial charge in [0.15, 0.2) is 0 Å². The second kappa shape index (κ2) is 5.27. The van der Waals surface area contributed by atoms with Gasteiger partial charge in [-0.15, -0.1) is 0 Å². The number of rotatable bonds is 4. The number of carbonyl (C=O) groups is 1. The zero-order valence-electron chi connectivity index (χ0n) is 7.74. The van der Waals surface area contributed by atoms with Gasteiger partial charge in [-0.05, 0) is 6.92 Å². The summed E-state index contributed by atoms with van der Waals surface area (Å²) in [7, 11) is 2.17. The minimum atomic E-state index is -1.13. The smallest absolute Gasteiger partial charge is 0.237 e. The van der Waals surface area contributed by atoms with Crippen molar-refractivity contribution >= 4 is 16.7 Å². The summed E-state index contributed by atoms with van der Waals surface area (Å²) in [6.45, 7) is 2.02. The number of nitrogens with two attached hydrogens (primary N) is 1. The summed E-state index contributed by atoms with van der Waals surface area (Å²) in [6.07, 6.45) is 0. The first-order valence-electron chi connectivity index (χ1n) is 3.79. The SMILES string of the molecule is CC(C(=O)N(C)C)S(=O)CCN. The Balaban J connectivity index is 4.10. The summed E-state index contributed by atoms with van der Waals surface area (Å²) < 4.78 is 11.3. The van der Waals surface area contributed by atoms with E-state index >= 15 is 0 Å². The van der Waals surface area contributed by atoms with E-state index < -0.39 is 16.0 Å². The average Bonchev–Trinajstić information content (AvgIpc) is 2.02. The maximum Gasteiger partial charge on any atom is 0.237 e. The predicted octanol–water partition coefficient (Wildman–Crippen LogP) is -0.829. The summed E-state index contributed by atoms with van der Waals surface area (Å²) in [6, 6.07) is 0. The van der Waals surface area contributed by atoms with Crippen LogP contribution in [0.4, 0.5) is 0 Å². The van der Waals surface area contributed by atoms with Gasteiger partial charge in [-0.25, -0.2) is 0 Å². The molecule has 0 heterocycles. The number of carbonyl (C=O) groups excluding carboxylic acids is 1. The third kappa shape index (κ3) is 3.32. The van der Waals surface area contributed by atoms with E-state index in [0.29, 0.717) is 12.3 Å². The van der Waals surface area contributed by atoms with Crippen LogP contribution in [0.2, 0.25) is 0 Å². The van der Waals surface area contributed by atoms with E-state index in [0.717, 1.165) is 0 Å². The third-order valence-corrected chi connectivity index (χ3v) is 3.13. The van der Waals surface area contributed by atoms with Gasteiger partial charge in [-0.2, -0.15) is 0 Å². The molecule has 0 aromatic heterocycles. The molecule has 2 unspecified atom stereocenters. The fraction of sp³-hybridized carbons (Fsp3) is 0.857. The zero-order valence-corrected chi connectivity index (χ0v) is 8.56. The molecule has 0 saturated heterocycles. The molecule has 2 N–H and O–H groups in total. The first kappa shape index (κ1) is 11.6. The van der Waals surface area contributed by atoms with Gasteiger partial charge >= 0.3 is 0 Å². The number of hydrogen-bond donors (Lipinski definition) is 1. The molecular formula is C7H16N2O2S. The second-order valence-corrected chi connectivity index (χ2v) is 4.63. The molecule has 5 heteroatoms. The topological polar surface area (TPSA) is 63.4 Å². The van der Waals surface area contributed by atoms with Crippen LogP contribution in [0.3, 0.4) is 0 Å². The summed E-state index contributed by atoms with van der Waals surface area (Å²) >= 11 is 0. The molecule has 0 fully saturated rings. The molecule has 72 valence electrons. The van der Waals surface area contributed by atoms with E-state index in [1.54, 1.807) is 21.0 Å². The molecule has 0 radical (unpaired) electrons. The van der Waals surface area contributed by atoms with Gasteiger partial charge in [0.25, 0.3) is 0 Å². The molecule has 0 bridgehead atoms. The van der Waals surface area contributed by atoms with Gasteiger partial charge in [0.1, 0.15) is 5.25 Å². The average molecular weight is 192 g/mol. The predicted molar refractivity (Wildman–Crippen MR) is 50.2 cm³/mol. The van der Waals surface area contributed by atoms with Crippen LogP contribution in [0.25, 0.3) is 0 Å². The van der Waals surface area contributed by atoms with Crippen LogP contribution in [0.5, 0.6) is 0 Å². The van der Waals surface area contributed by atoms with Crippen molar-refractivity contribution in [1.82, 2.24) is 4.90 Å². The first-order valence-corrected chi connectivity index (χ1v) is 5.17. The minimum Gasteiger partial charge on any atom is -0.348 e. The molecule has 0 aliphatic rings. The molecular weight excluding hydrogens is 176 g/mol. The van der Waals surface area contributed by atoms with Crippen LogP contribution >= 0.6 is 0 Å². The van der Waals surface area contributed by atoms with Crippen molar-refractivity contribution in [3.63, 3.8) is 0 Å². The molecule has 0 saturated carbocycles. The molecule has 0 aromatic carbocycles. The monoisotopic (exact) mass is 192 g/mol. The Labute approximate surface area is 75.6 Å². The molecule has 4 nitrogen and oxygen atoms in total. The van der Waals surface area contributed by atoms with E-state index in [1.165, 1.54) is 4.90 Å². The van der Waals surface area contributed by atoms with Crippen LogP contribution in [0.1, 0.15) is 6.92 Å². The number of nitrogens with zero attached hydrogens (tertiary/aromatic N) is 1. The van der Waals surface area contributed by atoms with Crippen molar-refractivity contribution in [2.75, 3.05) is 26.4 Å². The van der Waals surface area contributed by atoms with Gasteiger partial charge in [-0.1, -0.05) is 0 Å². The van der Waals surface area contributed by atoms with Crippen molar-refractivity contribution in [1.29, 1.82) is 0 Å². The zero-order chi connectivity index (χ0) is 9.72. The highest BCUT2D eigenvalue weighted by Gasteiger charge is 2.20. The van der Waals surface area contributed by atoms with Crippen molar-refractivity contribution < 1.29 is 9.00 Å². The van der Waals surface area contributed by atoms with Crippen LogP contribution in [0.15, 0.2) is 0 Å². The van der Waals surface area contributed by atoms with Gasteiger partial charge in [0, 0.05) is 37.2 Å². The van der Waals surface area contributed by atoms with Crippen LogP contribution in [-0.4, -0.2) is 46.7 Å². The van der Waals surface area contributed by atoms with Crippen molar-refractivity contribution in [2.24, 2.45) is 5.73 Å². The Hall–Kier alpha value is -0.420. The second-order valence-electron chi connectivity index (χ2n) is 2.75. The Morgan fingerprint density at radius 1 is 1.58 bits per heavy atom. The summed E-state index contributed by atoms with van der Waals surface area (Å²) in [5.41, 5.74) is 5.23. The number of hydrogen-bond acceptors (Lipinski definition) is 3. The highest BCUT2D eigenvalue weighted by atomic mass is 32.2. The highest BCUT2D eigenvalue weighted by Crippen LogP contribution is 1.98. The standard InChI is InChI=1S/C7H16N2O2S/c1-6(7(10)9(2)3)12(11)5-4-8/h6H,4-5,8H2,1-3H3. The van der Waals surface area contributed by atoms with Crippen LogP contribution in [0, 0.1) is 0 Å². The lowest BCUT2D eigenvalue weighted by molar-refractivity contribution is -0.127. The summed E-state index contributed by atoms with van der Waals surface area (Å²) in [5.74, 6) is 0.280. The molecule has 0 rings (SSSR count). The van der Waals surface area contributed by atoms with Gasteiger partial charge in [0.05, 0.1) is 0 Å². The van der Waals surface area contributed by atoms with Gasteiger partial charge < -0.3 is 10.6 Å². The van der Waals surface area contributed by atoms with E-state index in [4.69, 9.17) is 5.73 Å². The van der Waals surface area contributed by atoms with Crippen molar-refractivity contribution in [3.05, 3.63) is 0 Å². The molecule has 2 atom stereocenters. The Bertz CT molecular complexity index is 182. The molecule has 0 spiro atoms. The Kier molecular flexibility index (Phi) is 5.08. The summed E-state index contributed by atoms with van der Waals surface area (Å²) in [5, 5.41) is -0.441. The van der Waals surface area contributed by atoms with E-state index in [1.807, 2.05) is 0 Å². The lowest BCUT2D eigenvalue weighted by atomic mass is 10.4. The quantitative estimate of drug-likeness (QED) is 0.632. The third-order valence-electron chi connectivity index (χ3n) is 1.50. The molecule has 0 aliphatic heterocycles. The van der Waals surface area contributed by atoms with Gasteiger partial charge in [0.2, 0.25) is 5.91 Å². The molecule has 0 aromatic rings. The van der Waals surface area contributed by atoms with Crippen molar-refractivity contribution in [3.8, 4) is 0 Å². The lowest BCUT2D eigenvalue weighted by Crippen LogP contribution is -2.36. The maximum absolute atomic E-state index is 11.3. The fourth-order valence-corrected chi connectivity index (χ4v) is 1.79. The number of amides is 1. The first-order chi connectivity index (χ1) is 5.50. The van der Waals surface area contributed by atoms with Crippen LogP contribution in [-0.2, 0) is 15.6 Å². The maximum atomic E-state index is 11.3. The van der Waals surface area contributed by atoms with Crippen molar-refractivity contribution in [2.45, 2.75) is 12.2 Å². The summed E-state index contributed by atoms with van der Waals surface area (Å²) in [4.78, 5) is 12.7. The van der Waals surface area contributed by atoms with E-state index in [-0.39, 0.29) is 5.91 Å². The molecule has 12 heavy (non-hydrogen) atoms. The van der Waals surface area contributed by atoms with Gasteiger partial charge in [-0.3, -0.25) is 9.00 Å². The molecule has 1 amide bonds. The highest BCUT2D eigenvalue weighted by molar-refractivity contribution is 7.86. The Morgan fingerprint density at radius 3 is 2.42 bits per heavy atom. The largest absolute Gasteiger partial charge is 0.348 e. The van der Waals surface area contributed by atoms with E-state index in [2.05, 4.69) is 0 Å². The normalized spacial score (nSPS) is 15.3. The van der Waals surface area contributed by atoms with E-state index in [9.17, 15) is 9.00 Å². The molecule has 0 aliphatic carbocycles. The fourth-order valence-electron chi connectivity index (χ4n) is 0.769. The van der Waals surface area contributed by atoms with Crippen LogP contribution < -0.4 is 5.73 Å². The Morgan fingerprint density at radius 2 is 2.08 bits per heavy atom. The minimum absolute atomic E-state index is 0.109.